The average molecular weight is 247 g/mol. The highest BCUT2D eigenvalue weighted by Gasteiger charge is 2.05. The van der Waals surface area contributed by atoms with Crippen molar-refractivity contribution in [1.82, 2.24) is 0 Å². The number of aliphatic hydroxyl groups excluding tert-OH is 1. The second kappa shape index (κ2) is 5.84. The summed E-state index contributed by atoms with van der Waals surface area (Å²) in [6, 6.07) is 10.6. The molecule has 0 fully saturated rings. The van der Waals surface area contributed by atoms with Gasteiger partial charge < -0.3 is 10.4 Å². The summed E-state index contributed by atoms with van der Waals surface area (Å²) in [5, 5.41) is 14.5. The normalized spacial score (nSPS) is 10.5. The van der Waals surface area contributed by atoms with E-state index in [-0.39, 0.29) is 6.61 Å². The maximum Gasteiger partial charge on any atom is 0.0472 e. The summed E-state index contributed by atoms with van der Waals surface area (Å²) in [4.78, 5) is 1.28. The summed E-state index contributed by atoms with van der Waals surface area (Å²) in [5.74, 6) is 0. The molecule has 0 unspecified atom stereocenters. The minimum absolute atomic E-state index is 0.191. The standard InChI is InChI=1S/C14H17NOS/c1-2-15-13-10-12(14-4-3-9-17-14)6-5-11(13)7-8-16/h3-6,9-10,15-16H,2,7-8H2,1H3. The Hall–Kier alpha value is -1.32. The Balaban J connectivity index is 2.34. The van der Waals surface area contributed by atoms with Crippen molar-refractivity contribution in [2.24, 2.45) is 0 Å². The van der Waals surface area contributed by atoms with E-state index in [1.54, 1.807) is 11.3 Å². The van der Waals surface area contributed by atoms with E-state index in [1.807, 2.05) is 0 Å². The predicted octanol–water partition coefficient (Wildman–Crippen LogP) is 3.38. The van der Waals surface area contributed by atoms with Crippen LogP contribution >= 0.6 is 11.3 Å². The minimum atomic E-state index is 0.191. The van der Waals surface area contributed by atoms with E-state index in [2.05, 4.69) is 48.0 Å². The van der Waals surface area contributed by atoms with Crippen molar-refractivity contribution in [3.63, 3.8) is 0 Å². The smallest absolute Gasteiger partial charge is 0.0472 e. The number of rotatable bonds is 5. The van der Waals surface area contributed by atoms with Crippen LogP contribution in [0.25, 0.3) is 10.4 Å². The van der Waals surface area contributed by atoms with Crippen molar-refractivity contribution >= 4 is 17.0 Å². The number of hydrogen-bond donors (Lipinski definition) is 2. The molecule has 0 saturated carbocycles. The molecule has 1 aromatic carbocycles. The maximum absolute atomic E-state index is 9.04. The highest BCUT2D eigenvalue weighted by Crippen LogP contribution is 2.29. The highest BCUT2D eigenvalue weighted by atomic mass is 32.1. The van der Waals surface area contributed by atoms with E-state index in [0.29, 0.717) is 6.42 Å². The number of aliphatic hydroxyl groups is 1. The van der Waals surface area contributed by atoms with Crippen LogP contribution in [0.1, 0.15) is 12.5 Å². The minimum Gasteiger partial charge on any atom is -0.396 e. The first kappa shape index (κ1) is 12.1. The predicted molar refractivity (Wildman–Crippen MR) is 74.7 cm³/mol. The number of benzene rings is 1. The van der Waals surface area contributed by atoms with Gasteiger partial charge in [-0.05, 0) is 42.0 Å². The van der Waals surface area contributed by atoms with Gasteiger partial charge >= 0.3 is 0 Å². The van der Waals surface area contributed by atoms with Crippen LogP contribution < -0.4 is 5.32 Å². The SMILES string of the molecule is CCNc1cc(-c2cccs2)ccc1CCO. The zero-order valence-corrected chi connectivity index (χ0v) is 10.8. The van der Waals surface area contributed by atoms with Crippen molar-refractivity contribution in [3.05, 3.63) is 41.3 Å². The Morgan fingerprint density at radius 3 is 2.82 bits per heavy atom. The monoisotopic (exact) mass is 247 g/mol. The van der Waals surface area contributed by atoms with Gasteiger partial charge in [-0.3, -0.25) is 0 Å². The van der Waals surface area contributed by atoms with Crippen LogP contribution in [0, 0.1) is 0 Å². The lowest BCUT2D eigenvalue weighted by Crippen LogP contribution is -2.02. The fourth-order valence-electron chi connectivity index (χ4n) is 1.87. The molecule has 17 heavy (non-hydrogen) atoms. The van der Waals surface area contributed by atoms with Gasteiger partial charge in [-0.2, -0.15) is 0 Å². The molecule has 2 rings (SSSR count). The number of nitrogens with one attached hydrogen (secondary N) is 1. The number of thiophene rings is 1. The molecule has 0 aliphatic carbocycles. The number of hydrogen-bond acceptors (Lipinski definition) is 3. The molecule has 1 heterocycles. The van der Waals surface area contributed by atoms with Crippen LogP contribution in [0.2, 0.25) is 0 Å². The van der Waals surface area contributed by atoms with Crippen molar-refractivity contribution in [1.29, 1.82) is 0 Å². The van der Waals surface area contributed by atoms with Gasteiger partial charge in [-0.25, -0.2) is 0 Å². The summed E-state index contributed by atoms with van der Waals surface area (Å²) < 4.78 is 0. The Kier molecular flexibility index (Phi) is 4.18. The van der Waals surface area contributed by atoms with Gasteiger partial charge in [0, 0.05) is 23.7 Å². The van der Waals surface area contributed by atoms with Gasteiger partial charge in [0.15, 0.2) is 0 Å². The molecule has 0 aliphatic rings. The molecule has 0 aliphatic heterocycles. The molecule has 0 radical (unpaired) electrons. The third kappa shape index (κ3) is 2.87. The highest BCUT2D eigenvalue weighted by molar-refractivity contribution is 7.13. The second-order valence-electron chi connectivity index (χ2n) is 3.85. The van der Waals surface area contributed by atoms with Gasteiger partial charge in [0.1, 0.15) is 0 Å². The van der Waals surface area contributed by atoms with Crippen LogP contribution in [0.15, 0.2) is 35.7 Å². The summed E-state index contributed by atoms with van der Waals surface area (Å²) in [6.45, 7) is 3.17. The van der Waals surface area contributed by atoms with E-state index in [0.717, 1.165) is 12.2 Å². The molecule has 2 nitrogen and oxygen atoms in total. The molecule has 0 bridgehead atoms. The molecule has 0 spiro atoms. The molecule has 3 heteroatoms. The first-order valence-corrected chi connectivity index (χ1v) is 6.74. The fraction of sp³-hybridized carbons (Fsp3) is 0.286. The summed E-state index contributed by atoms with van der Waals surface area (Å²) in [5.41, 5.74) is 3.54. The van der Waals surface area contributed by atoms with E-state index >= 15 is 0 Å². The molecule has 1 aromatic heterocycles. The quantitative estimate of drug-likeness (QED) is 0.849. The van der Waals surface area contributed by atoms with Gasteiger partial charge in [-0.15, -0.1) is 11.3 Å². The van der Waals surface area contributed by atoms with Gasteiger partial charge in [-0.1, -0.05) is 18.2 Å². The Morgan fingerprint density at radius 1 is 1.29 bits per heavy atom. The molecule has 0 amide bonds. The van der Waals surface area contributed by atoms with E-state index < -0.39 is 0 Å². The molecule has 0 saturated heterocycles. The molecular weight excluding hydrogens is 230 g/mol. The van der Waals surface area contributed by atoms with Gasteiger partial charge in [0.05, 0.1) is 0 Å². The van der Waals surface area contributed by atoms with Crippen molar-refractivity contribution in [3.8, 4) is 10.4 Å². The van der Waals surface area contributed by atoms with Crippen LogP contribution in [0.3, 0.4) is 0 Å². The largest absolute Gasteiger partial charge is 0.396 e. The van der Waals surface area contributed by atoms with Crippen LogP contribution in [0.5, 0.6) is 0 Å². The third-order valence-electron chi connectivity index (χ3n) is 2.66. The topological polar surface area (TPSA) is 32.3 Å². The summed E-state index contributed by atoms with van der Waals surface area (Å²) in [6.07, 6.45) is 0.701. The Bertz CT molecular complexity index is 465. The third-order valence-corrected chi connectivity index (χ3v) is 3.58. The van der Waals surface area contributed by atoms with Gasteiger partial charge in [0.25, 0.3) is 0 Å². The Morgan fingerprint density at radius 2 is 2.18 bits per heavy atom. The molecule has 0 atom stereocenters. The average Bonchev–Trinajstić information content (AvgIpc) is 2.85. The lowest BCUT2D eigenvalue weighted by molar-refractivity contribution is 0.300. The second-order valence-corrected chi connectivity index (χ2v) is 4.80. The number of anilines is 1. The molecular formula is C14H17NOS. The molecule has 2 aromatic rings. The molecule has 90 valence electrons. The zero-order valence-electron chi connectivity index (χ0n) is 9.94. The zero-order chi connectivity index (χ0) is 12.1. The first-order chi connectivity index (χ1) is 8.35. The van der Waals surface area contributed by atoms with Gasteiger partial charge in [0.2, 0.25) is 0 Å². The summed E-state index contributed by atoms with van der Waals surface area (Å²) >= 11 is 1.74. The van der Waals surface area contributed by atoms with E-state index in [1.165, 1.54) is 16.0 Å². The maximum atomic E-state index is 9.04. The molecule has 2 N–H and O–H groups in total. The van der Waals surface area contributed by atoms with Crippen molar-refractivity contribution < 1.29 is 5.11 Å². The van der Waals surface area contributed by atoms with Crippen LogP contribution in [-0.2, 0) is 6.42 Å². The van der Waals surface area contributed by atoms with E-state index in [9.17, 15) is 0 Å². The first-order valence-electron chi connectivity index (χ1n) is 5.86. The van der Waals surface area contributed by atoms with Crippen molar-refractivity contribution in [2.45, 2.75) is 13.3 Å². The van der Waals surface area contributed by atoms with Crippen LogP contribution in [0.4, 0.5) is 5.69 Å². The Labute approximate surface area is 106 Å². The summed E-state index contributed by atoms with van der Waals surface area (Å²) in [7, 11) is 0. The fourth-order valence-corrected chi connectivity index (χ4v) is 2.59. The lowest BCUT2D eigenvalue weighted by atomic mass is 10.1. The van der Waals surface area contributed by atoms with Crippen molar-refractivity contribution in [2.75, 3.05) is 18.5 Å². The van der Waals surface area contributed by atoms with E-state index in [4.69, 9.17) is 5.11 Å². The van der Waals surface area contributed by atoms with Crippen LogP contribution in [-0.4, -0.2) is 18.3 Å². The lowest BCUT2D eigenvalue weighted by Gasteiger charge is -2.11.